The fraction of sp³-hybridized carbons (Fsp3) is 1.00. The first-order chi connectivity index (χ1) is 5.66. The Kier molecular flexibility index (Phi) is 2.14. The Labute approximate surface area is 85.3 Å². The predicted octanol–water partition coefficient (Wildman–Crippen LogP) is 1.31. The summed E-state index contributed by atoms with van der Waals surface area (Å²) < 4.78 is 0. The topological polar surface area (TPSA) is 46.2 Å². The molecule has 0 radical (unpaired) electrons. The Hall–Kier alpha value is 0.210. The third-order valence-electron chi connectivity index (χ3n) is 4.31. The van der Waals surface area contributed by atoms with Crippen LogP contribution in [0.1, 0.15) is 32.1 Å². The van der Waals surface area contributed by atoms with Crippen molar-refractivity contribution < 1.29 is 5.11 Å². The Morgan fingerprint density at radius 2 is 1.62 bits per heavy atom. The molecule has 0 aromatic carbocycles. The van der Waals surface area contributed by atoms with Gasteiger partial charge in [-0.05, 0) is 49.9 Å². The van der Waals surface area contributed by atoms with Crippen molar-refractivity contribution in [2.45, 2.75) is 43.7 Å². The van der Waals surface area contributed by atoms with Crippen molar-refractivity contribution in [3.63, 3.8) is 0 Å². The molecule has 0 heterocycles. The highest BCUT2D eigenvalue weighted by Crippen LogP contribution is 2.54. The van der Waals surface area contributed by atoms with Crippen LogP contribution in [0.15, 0.2) is 0 Å². The minimum atomic E-state index is -0.299. The maximum atomic E-state index is 10.2. The number of hydrogen-bond donors (Lipinski definition) is 2. The van der Waals surface area contributed by atoms with E-state index in [1.165, 1.54) is 12.8 Å². The van der Waals surface area contributed by atoms with Gasteiger partial charge >= 0.3 is 0 Å². The van der Waals surface area contributed by atoms with Crippen LogP contribution < -0.4 is 5.73 Å². The molecule has 0 aromatic rings. The number of aliphatic hydroxyl groups is 1. The van der Waals surface area contributed by atoms with Crippen molar-refractivity contribution in [2.75, 3.05) is 0 Å². The lowest BCUT2D eigenvalue weighted by atomic mass is 9.52. The van der Waals surface area contributed by atoms with Crippen molar-refractivity contribution in [2.24, 2.45) is 23.5 Å². The molecule has 4 rings (SSSR count). The van der Waals surface area contributed by atoms with E-state index in [4.69, 9.17) is 5.73 Å². The lowest BCUT2D eigenvalue weighted by molar-refractivity contribution is -0.132. The maximum absolute atomic E-state index is 10.2. The van der Waals surface area contributed by atoms with Gasteiger partial charge in [0.25, 0.3) is 0 Å². The largest absolute Gasteiger partial charge is 0.390 e. The normalized spacial score (nSPS) is 57.7. The Morgan fingerprint density at radius 3 is 2.08 bits per heavy atom. The molecule has 76 valence electrons. The fourth-order valence-electron chi connectivity index (χ4n) is 4.02. The molecule has 4 fully saturated rings. The SMILES string of the molecule is Cl.NC1C2CC3C[C@H]1CC(O)(C3)C2. The summed E-state index contributed by atoms with van der Waals surface area (Å²) in [6, 6.07) is 0.404. The summed E-state index contributed by atoms with van der Waals surface area (Å²) in [6.07, 6.45) is 5.62. The molecule has 4 aliphatic rings. The van der Waals surface area contributed by atoms with Gasteiger partial charge in [0.2, 0.25) is 0 Å². The summed E-state index contributed by atoms with van der Waals surface area (Å²) in [5.74, 6) is 2.08. The molecule has 3 N–H and O–H groups in total. The van der Waals surface area contributed by atoms with Crippen LogP contribution in [-0.4, -0.2) is 16.7 Å². The van der Waals surface area contributed by atoms with Crippen LogP contribution >= 0.6 is 12.4 Å². The summed E-state index contributed by atoms with van der Waals surface area (Å²) >= 11 is 0. The molecule has 3 heteroatoms. The first kappa shape index (κ1) is 9.75. The number of hydrogen-bond acceptors (Lipinski definition) is 2. The molecule has 13 heavy (non-hydrogen) atoms. The van der Waals surface area contributed by atoms with Crippen LogP contribution in [0, 0.1) is 17.8 Å². The van der Waals surface area contributed by atoms with Crippen molar-refractivity contribution in [1.29, 1.82) is 0 Å². The molecule has 0 aromatic heterocycles. The zero-order valence-electron chi connectivity index (χ0n) is 7.78. The van der Waals surface area contributed by atoms with Gasteiger partial charge in [0.1, 0.15) is 0 Å². The standard InChI is InChI=1S/C10H17NO.ClH/c11-9-7-1-6-2-8(9)5-10(12,3-6)4-7;/h6-9,12H,1-5,11H2;1H/t6?,7-,8?,9?,10?;/m0./s1. The van der Waals surface area contributed by atoms with Gasteiger partial charge in [-0.2, -0.15) is 0 Å². The maximum Gasteiger partial charge on any atom is 0.0657 e. The van der Waals surface area contributed by atoms with Gasteiger partial charge in [-0.3, -0.25) is 0 Å². The summed E-state index contributed by atoms with van der Waals surface area (Å²) in [4.78, 5) is 0. The average Bonchev–Trinajstić information content (AvgIpc) is 1.96. The Bertz CT molecular complexity index is 205. The minimum absolute atomic E-state index is 0. The van der Waals surface area contributed by atoms with Gasteiger partial charge in [0.05, 0.1) is 5.60 Å². The predicted molar refractivity (Wildman–Crippen MR) is 53.7 cm³/mol. The molecule has 0 amide bonds. The van der Waals surface area contributed by atoms with Crippen molar-refractivity contribution in [3.05, 3.63) is 0 Å². The van der Waals surface area contributed by atoms with E-state index in [0.717, 1.165) is 25.2 Å². The second-order valence-electron chi connectivity index (χ2n) is 5.27. The van der Waals surface area contributed by atoms with Crippen LogP contribution in [0.25, 0.3) is 0 Å². The second kappa shape index (κ2) is 2.85. The monoisotopic (exact) mass is 203 g/mol. The zero-order valence-corrected chi connectivity index (χ0v) is 8.59. The number of nitrogens with two attached hydrogens (primary N) is 1. The minimum Gasteiger partial charge on any atom is -0.390 e. The van der Waals surface area contributed by atoms with Crippen LogP contribution in [0.5, 0.6) is 0 Å². The molecular weight excluding hydrogens is 186 g/mol. The number of halogens is 1. The quantitative estimate of drug-likeness (QED) is 0.624. The smallest absolute Gasteiger partial charge is 0.0657 e. The van der Waals surface area contributed by atoms with Crippen LogP contribution in [0.2, 0.25) is 0 Å². The Morgan fingerprint density at radius 1 is 1.08 bits per heavy atom. The van der Waals surface area contributed by atoms with Crippen LogP contribution in [0.4, 0.5) is 0 Å². The van der Waals surface area contributed by atoms with Gasteiger partial charge in [0, 0.05) is 6.04 Å². The zero-order chi connectivity index (χ0) is 8.34. The molecule has 4 unspecified atom stereocenters. The van der Waals surface area contributed by atoms with E-state index in [2.05, 4.69) is 0 Å². The second-order valence-corrected chi connectivity index (χ2v) is 5.27. The average molecular weight is 204 g/mol. The fourth-order valence-corrected chi connectivity index (χ4v) is 4.02. The van der Waals surface area contributed by atoms with Gasteiger partial charge < -0.3 is 10.8 Å². The van der Waals surface area contributed by atoms with Crippen molar-refractivity contribution >= 4 is 12.4 Å². The molecule has 4 saturated carbocycles. The summed E-state index contributed by atoms with van der Waals surface area (Å²) in [7, 11) is 0. The lowest BCUT2D eigenvalue weighted by Gasteiger charge is -2.57. The third kappa shape index (κ3) is 1.31. The van der Waals surface area contributed by atoms with Crippen molar-refractivity contribution in [3.8, 4) is 0 Å². The first-order valence-corrected chi connectivity index (χ1v) is 5.14. The first-order valence-electron chi connectivity index (χ1n) is 5.14. The molecule has 2 nitrogen and oxygen atoms in total. The molecule has 0 aliphatic heterocycles. The van der Waals surface area contributed by atoms with E-state index in [1.807, 2.05) is 0 Å². The van der Waals surface area contributed by atoms with Gasteiger partial charge in [-0.15, -0.1) is 12.4 Å². The highest BCUT2D eigenvalue weighted by molar-refractivity contribution is 5.85. The van der Waals surface area contributed by atoms with E-state index < -0.39 is 0 Å². The number of rotatable bonds is 0. The molecule has 4 aliphatic carbocycles. The molecular formula is C10H18ClNO. The van der Waals surface area contributed by atoms with E-state index in [9.17, 15) is 5.11 Å². The van der Waals surface area contributed by atoms with Crippen molar-refractivity contribution in [1.82, 2.24) is 0 Å². The lowest BCUT2D eigenvalue weighted by Crippen LogP contribution is -2.59. The van der Waals surface area contributed by atoms with Crippen LogP contribution in [-0.2, 0) is 0 Å². The highest BCUT2D eigenvalue weighted by atomic mass is 35.5. The van der Waals surface area contributed by atoms with Crippen LogP contribution in [0.3, 0.4) is 0 Å². The highest BCUT2D eigenvalue weighted by Gasteiger charge is 2.53. The van der Waals surface area contributed by atoms with E-state index in [0.29, 0.717) is 17.9 Å². The summed E-state index contributed by atoms with van der Waals surface area (Å²) in [5.41, 5.74) is 5.82. The van der Waals surface area contributed by atoms with E-state index in [1.54, 1.807) is 0 Å². The third-order valence-corrected chi connectivity index (χ3v) is 4.31. The van der Waals surface area contributed by atoms with Gasteiger partial charge in [-0.25, -0.2) is 0 Å². The van der Waals surface area contributed by atoms with E-state index >= 15 is 0 Å². The van der Waals surface area contributed by atoms with Gasteiger partial charge in [0.15, 0.2) is 0 Å². The summed E-state index contributed by atoms with van der Waals surface area (Å²) in [6.45, 7) is 0. The van der Waals surface area contributed by atoms with E-state index in [-0.39, 0.29) is 18.0 Å². The summed E-state index contributed by atoms with van der Waals surface area (Å²) in [5, 5.41) is 10.2. The molecule has 0 spiro atoms. The molecule has 5 atom stereocenters. The van der Waals surface area contributed by atoms with Gasteiger partial charge in [-0.1, -0.05) is 0 Å². The molecule has 0 saturated heterocycles. The molecule has 4 bridgehead atoms. The Balaban J connectivity index is 0.000000653.